The van der Waals surface area contributed by atoms with E-state index in [1.54, 1.807) is 50.2 Å². The molecule has 0 aliphatic rings. The summed E-state index contributed by atoms with van der Waals surface area (Å²) in [5.74, 6) is -0.671. The van der Waals surface area contributed by atoms with Crippen molar-refractivity contribution >= 4 is 27.5 Å². The van der Waals surface area contributed by atoms with E-state index in [4.69, 9.17) is 4.74 Å². The van der Waals surface area contributed by atoms with Gasteiger partial charge in [-0.05, 0) is 61.4 Å². The number of carbonyl (C=O) groups excluding carboxylic acids is 2. The second-order valence-corrected chi connectivity index (χ2v) is 11.1. The van der Waals surface area contributed by atoms with Gasteiger partial charge in [-0.3, -0.25) is 13.9 Å². The summed E-state index contributed by atoms with van der Waals surface area (Å²) < 4.78 is 74.1. The van der Waals surface area contributed by atoms with Crippen molar-refractivity contribution in [2.75, 3.05) is 25.0 Å². The molecule has 0 spiro atoms. The first-order chi connectivity index (χ1) is 19.3. The summed E-state index contributed by atoms with van der Waals surface area (Å²) in [6.45, 7) is 2.55. The van der Waals surface area contributed by atoms with Gasteiger partial charge >= 0.3 is 6.18 Å². The predicted molar refractivity (Wildman–Crippen MR) is 149 cm³/mol. The molecule has 0 saturated carbocycles. The Hall–Kier alpha value is -4.06. The van der Waals surface area contributed by atoms with E-state index in [0.29, 0.717) is 21.7 Å². The molecule has 8 nitrogen and oxygen atoms in total. The fraction of sp³-hybridized carbons (Fsp3) is 0.310. The molecule has 3 rings (SSSR count). The van der Waals surface area contributed by atoms with Gasteiger partial charge in [0.2, 0.25) is 11.8 Å². The average Bonchev–Trinajstić information content (AvgIpc) is 2.95. The molecule has 0 aliphatic carbocycles. The van der Waals surface area contributed by atoms with Gasteiger partial charge in [-0.1, -0.05) is 42.8 Å². The molecule has 0 aromatic heterocycles. The largest absolute Gasteiger partial charge is 0.497 e. The first-order valence-electron chi connectivity index (χ1n) is 12.7. The third-order valence-electron chi connectivity index (χ3n) is 6.49. The predicted octanol–water partition coefficient (Wildman–Crippen LogP) is 4.77. The van der Waals surface area contributed by atoms with Gasteiger partial charge in [0.25, 0.3) is 10.0 Å². The molecule has 1 atom stereocenters. The van der Waals surface area contributed by atoms with Gasteiger partial charge in [-0.15, -0.1) is 0 Å². The SMILES string of the molecule is CC[C@H](C(=O)NC)N(Cc1ccc(OC)cc1)C(=O)CN(c1cccc(C(F)(F)F)c1)S(=O)(=O)c1ccc(C)cc1. The summed E-state index contributed by atoms with van der Waals surface area (Å²) in [7, 11) is -1.59. The van der Waals surface area contributed by atoms with Gasteiger partial charge in [-0.25, -0.2) is 8.42 Å². The van der Waals surface area contributed by atoms with E-state index in [0.717, 1.165) is 17.7 Å². The third-order valence-corrected chi connectivity index (χ3v) is 8.28. The van der Waals surface area contributed by atoms with Crippen molar-refractivity contribution in [1.29, 1.82) is 0 Å². The zero-order valence-electron chi connectivity index (χ0n) is 23.1. The van der Waals surface area contributed by atoms with Crippen LogP contribution < -0.4 is 14.4 Å². The van der Waals surface area contributed by atoms with Crippen LogP contribution >= 0.6 is 0 Å². The van der Waals surface area contributed by atoms with Crippen molar-refractivity contribution in [3.8, 4) is 5.75 Å². The maximum atomic E-state index is 13.9. The number of halogens is 3. The number of likely N-dealkylation sites (N-methyl/N-ethyl adjacent to an activating group) is 1. The van der Waals surface area contributed by atoms with Gasteiger partial charge in [0.1, 0.15) is 18.3 Å². The lowest BCUT2D eigenvalue weighted by atomic mass is 10.1. The zero-order valence-corrected chi connectivity index (χ0v) is 23.9. The third kappa shape index (κ3) is 7.57. The Balaban J connectivity index is 2.11. The molecule has 1 N–H and O–H groups in total. The zero-order chi connectivity index (χ0) is 30.4. The van der Waals surface area contributed by atoms with Crippen LogP contribution in [0.3, 0.4) is 0 Å². The number of ether oxygens (including phenoxy) is 1. The molecule has 0 radical (unpaired) electrons. The molecule has 0 unspecified atom stereocenters. The molecule has 0 heterocycles. The minimum Gasteiger partial charge on any atom is -0.497 e. The monoisotopic (exact) mass is 591 g/mol. The number of alkyl halides is 3. The quantitative estimate of drug-likeness (QED) is 0.347. The van der Waals surface area contributed by atoms with E-state index in [-0.39, 0.29) is 23.5 Å². The normalized spacial score (nSPS) is 12.4. The minimum atomic E-state index is -4.74. The highest BCUT2D eigenvalue weighted by Crippen LogP contribution is 2.33. The number of benzene rings is 3. The van der Waals surface area contributed by atoms with E-state index in [1.807, 2.05) is 0 Å². The summed E-state index contributed by atoms with van der Waals surface area (Å²) in [6, 6.07) is 15.3. The molecule has 3 aromatic rings. The van der Waals surface area contributed by atoms with Gasteiger partial charge in [0, 0.05) is 13.6 Å². The second kappa shape index (κ2) is 13.1. The topological polar surface area (TPSA) is 96.0 Å². The van der Waals surface area contributed by atoms with Crippen molar-refractivity contribution in [3.05, 3.63) is 89.5 Å². The molecule has 3 aromatic carbocycles. The fourth-order valence-electron chi connectivity index (χ4n) is 4.22. The highest BCUT2D eigenvalue weighted by molar-refractivity contribution is 7.92. The smallest absolute Gasteiger partial charge is 0.416 e. The molecule has 41 heavy (non-hydrogen) atoms. The van der Waals surface area contributed by atoms with Gasteiger partial charge in [0.15, 0.2) is 0 Å². The number of hydrogen-bond donors (Lipinski definition) is 1. The van der Waals surface area contributed by atoms with Crippen molar-refractivity contribution < 1.29 is 35.9 Å². The number of anilines is 1. The van der Waals surface area contributed by atoms with Crippen molar-refractivity contribution in [2.24, 2.45) is 0 Å². The number of sulfonamides is 1. The minimum absolute atomic E-state index is 0.0598. The van der Waals surface area contributed by atoms with Crippen LogP contribution in [0.1, 0.15) is 30.0 Å². The number of amides is 2. The number of nitrogens with zero attached hydrogens (tertiary/aromatic N) is 2. The number of rotatable bonds is 11. The fourth-order valence-corrected chi connectivity index (χ4v) is 5.62. The maximum Gasteiger partial charge on any atom is 0.416 e. The van der Waals surface area contributed by atoms with Crippen LogP contribution in [0.15, 0.2) is 77.7 Å². The Morgan fingerprint density at radius 3 is 2.17 bits per heavy atom. The number of methoxy groups -OCH3 is 1. The standard InChI is InChI=1S/C29H32F3N3O5S/c1-5-26(28(37)33-3)34(18-21-11-13-24(40-4)14-12-21)27(36)19-35(23-8-6-7-22(17-23)29(30,31)32)41(38,39)25-15-9-20(2)10-16-25/h6-17,26H,5,18-19H2,1-4H3,(H,33,37)/t26-/m1/s1. The summed E-state index contributed by atoms with van der Waals surface area (Å²) in [6.07, 6.45) is -4.54. The Kier molecular flexibility index (Phi) is 10.0. The summed E-state index contributed by atoms with van der Waals surface area (Å²) in [4.78, 5) is 27.7. The van der Waals surface area contributed by atoms with Crippen LogP contribution in [0.2, 0.25) is 0 Å². The van der Waals surface area contributed by atoms with Crippen LogP contribution in [0.5, 0.6) is 5.75 Å². The van der Waals surface area contributed by atoms with Crippen molar-refractivity contribution in [2.45, 2.75) is 43.9 Å². The molecule has 0 saturated heterocycles. The number of nitrogens with one attached hydrogen (secondary N) is 1. The van der Waals surface area contributed by atoms with E-state index in [2.05, 4.69) is 5.32 Å². The van der Waals surface area contributed by atoms with Crippen LogP contribution in [0, 0.1) is 6.92 Å². The van der Waals surface area contributed by atoms with Gasteiger partial charge in [-0.2, -0.15) is 13.2 Å². The number of hydrogen-bond acceptors (Lipinski definition) is 5. The van der Waals surface area contributed by atoms with E-state index in [9.17, 15) is 31.2 Å². The van der Waals surface area contributed by atoms with Gasteiger partial charge < -0.3 is 15.0 Å². The van der Waals surface area contributed by atoms with Crippen LogP contribution in [0.25, 0.3) is 0 Å². The molecule has 220 valence electrons. The molecule has 12 heteroatoms. The van der Waals surface area contributed by atoms with Crippen LogP contribution in [0.4, 0.5) is 18.9 Å². The first-order valence-corrected chi connectivity index (χ1v) is 14.2. The lowest BCUT2D eigenvalue weighted by molar-refractivity contribution is -0.140. The molecule has 0 bridgehead atoms. The lowest BCUT2D eigenvalue weighted by Crippen LogP contribution is -2.51. The average molecular weight is 592 g/mol. The van der Waals surface area contributed by atoms with Gasteiger partial charge in [0.05, 0.1) is 23.3 Å². The summed E-state index contributed by atoms with van der Waals surface area (Å²) >= 11 is 0. The molecule has 0 fully saturated rings. The first kappa shape index (κ1) is 31.5. The summed E-state index contributed by atoms with van der Waals surface area (Å²) in [5, 5.41) is 2.52. The number of aryl methyl sites for hydroxylation is 1. The molecular weight excluding hydrogens is 559 g/mol. The van der Waals surface area contributed by atoms with Crippen molar-refractivity contribution in [3.63, 3.8) is 0 Å². The Morgan fingerprint density at radius 2 is 1.63 bits per heavy atom. The molecule has 2 amide bonds. The van der Waals surface area contributed by atoms with E-state index < -0.39 is 46.2 Å². The molecule has 0 aliphatic heterocycles. The summed E-state index contributed by atoms with van der Waals surface area (Å²) in [5.41, 5.74) is -0.00855. The highest BCUT2D eigenvalue weighted by atomic mass is 32.2. The van der Waals surface area contributed by atoms with E-state index >= 15 is 0 Å². The molecular formula is C29H32F3N3O5S. The highest BCUT2D eigenvalue weighted by Gasteiger charge is 2.35. The maximum absolute atomic E-state index is 13.9. The Morgan fingerprint density at radius 1 is 1.00 bits per heavy atom. The van der Waals surface area contributed by atoms with Crippen LogP contribution in [-0.4, -0.2) is 51.9 Å². The lowest BCUT2D eigenvalue weighted by Gasteiger charge is -2.33. The van der Waals surface area contributed by atoms with E-state index in [1.165, 1.54) is 37.3 Å². The van der Waals surface area contributed by atoms with Crippen LogP contribution in [-0.2, 0) is 32.3 Å². The Labute approximate surface area is 237 Å². The second-order valence-electron chi connectivity index (χ2n) is 9.28. The Bertz CT molecular complexity index is 1460. The van der Waals surface area contributed by atoms with Crippen molar-refractivity contribution in [1.82, 2.24) is 10.2 Å². The number of carbonyl (C=O) groups is 2.